The van der Waals surface area contributed by atoms with Crippen LogP contribution >= 0.6 is 0 Å². The van der Waals surface area contributed by atoms with Crippen LogP contribution in [-0.2, 0) is 4.79 Å². The summed E-state index contributed by atoms with van der Waals surface area (Å²) in [4.78, 5) is 16.3. The lowest BCUT2D eigenvalue weighted by Gasteiger charge is -2.32. The molecule has 4 heteroatoms. The van der Waals surface area contributed by atoms with Gasteiger partial charge < -0.3 is 10.6 Å². The highest BCUT2D eigenvalue weighted by Gasteiger charge is 2.34. The van der Waals surface area contributed by atoms with Crippen LogP contribution in [0, 0.1) is 12.3 Å². The number of nitrogens with zero attached hydrogens (tertiary/aromatic N) is 1. The molecule has 1 amide bonds. The van der Waals surface area contributed by atoms with Crippen molar-refractivity contribution in [3.05, 3.63) is 24.0 Å². The molecular formula is C13H19N3O. The first-order valence-electron chi connectivity index (χ1n) is 6.05. The lowest BCUT2D eigenvalue weighted by molar-refractivity contribution is -0.125. The first kappa shape index (κ1) is 12.0. The molecule has 2 N–H and O–H groups in total. The van der Waals surface area contributed by atoms with Gasteiger partial charge in [0, 0.05) is 24.1 Å². The molecule has 1 saturated heterocycles. The fourth-order valence-corrected chi connectivity index (χ4v) is 2.16. The summed E-state index contributed by atoms with van der Waals surface area (Å²) >= 11 is 0. The molecular weight excluding hydrogens is 214 g/mol. The zero-order valence-electron chi connectivity index (χ0n) is 10.4. The summed E-state index contributed by atoms with van der Waals surface area (Å²) in [6.07, 6.45) is 3.71. The number of rotatable bonds is 2. The summed E-state index contributed by atoms with van der Waals surface area (Å²) in [5.41, 5.74) is 1.44. The number of nitrogens with one attached hydrogen (secondary N) is 2. The van der Waals surface area contributed by atoms with E-state index in [4.69, 9.17) is 0 Å². The Balaban J connectivity index is 2.05. The third-order valence-electron chi connectivity index (χ3n) is 3.30. The summed E-state index contributed by atoms with van der Waals surface area (Å²) in [5.74, 6) is 0.0929. The van der Waals surface area contributed by atoms with Gasteiger partial charge in [-0.05, 0) is 45.4 Å². The van der Waals surface area contributed by atoms with Gasteiger partial charge in [-0.1, -0.05) is 0 Å². The maximum atomic E-state index is 12.2. The molecule has 17 heavy (non-hydrogen) atoms. The van der Waals surface area contributed by atoms with Gasteiger partial charge >= 0.3 is 0 Å². The van der Waals surface area contributed by atoms with Crippen molar-refractivity contribution in [3.8, 4) is 0 Å². The van der Waals surface area contributed by atoms with Crippen molar-refractivity contribution in [2.24, 2.45) is 5.41 Å². The van der Waals surface area contributed by atoms with Crippen molar-refractivity contribution >= 4 is 11.6 Å². The lowest BCUT2D eigenvalue weighted by atomic mass is 9.82. The SMILES string of the molecule is Cc1cc(NC(=O)C2(C)CCCNC2)ccn1. The molecule has 1 aliphatic rings. The molecule has 0 radical (unpaired) electrons. The molecule has 0 bridgehead atoms. The van der Waals surface area contributed by atoms with Gasteiger partial charge in [0.05, 0.1) is 5.41 Å². The van der Waals surface area contributed by atoms with E-state index in [0.29, 0.717) is 0 Å². The molecule has 2 heterocycles. The predicted octanol–water partition coefficient (Wildman–Crippen LogP) is 1.72. The average Bonchev–Trinajstić information content (AvgIpc) is 2.30. The largest absolute Gasteiger partial charge is 0.325 e. The molecule has 1 fully saturated rings. The Morgan fingerprint density at radius 3 is 3.06 bits per heavy atom. The van der Waals surface area contributed by atoms with Gasteiger partial charge in [0.1, 0.15) is 0 Å². The molecule has 92 valence electrons. The van der Waals surface area contributed by atoms with Crippen molar-refractivity contribution in [3.63, 3.8) is 0 Å². The van der Waals surface area contributed by atoms with Crippen LogP contribution in [0.5, 0.6) is 0 Å². The van der Waals surface area contributed by atoms with E-state index in [-0.39, 0.29) is 11.3 Å². The maximum Gasteiger partial charge on any atom is 0.231 e. The number of amides is 1. The number of aryl methyl sites for hydroxylation is 1. The van der Waals surface area contributed by atoms with Gasteiger partial charge in [0.2, 0.25) is 5.91 Å². The standard InChI is InChI=1S/C13H19N3O/c1-10-8-11(4-7-15-10)16-12(17)13(2)5-3-6-14-9-13/h4,7-8,14H,3,5-6,9H2,1-2H3,(H,15,16,17). The minimum Gasteiger partial charge on any atom is -0.325 e. The van der Waals surface area contributed by atoms with Crippen molar-refractivity contribution < 1.29 is 4.79 Å². The van der Waals surface area contributed by atoms with E-state index in [1.807, 2.05) is 26.0 Å². The Hall–Kier alpha value is -1.42. The van der Waals surface area contributed by atoms with Crippen LogP contribution in [0.4, 0.5) is 5.69 Å². The van der Waals surface area contributed by atoms with Crippen molar-refractivity contribution in [2.45, 2.75) is 26.7 Å². The van der Waals surface area contributed by atoms with E-state index in [0.717, 1.165) is 37.3 Å². The highest BCUT2D eigenvalue weighted by Crippen LogP contribution is 2.27. The molecule has 1 aliphatic heterocycles. The molecule has 0 spiro atoms. The molecule has 1 aromatic rings. The second-order valence-electron chi connectivity index (χ2n) is 4.98. The minimum atomic E-state index is -0.296. The van der Waals surface area contributed by atoms with Crippen LogP contribution in [0.2, 0.25) is 0 Å². The van der Waals surface area contributed by atoms with Crippen LogP contribution in [-0.4, -0.2) is 24.0 Å². The Bertz CT molecular complexity index is 411. The third kappa shape index (κ3) is 2.82. The predicted molar refractivity (Wildman–Crippen MR) is 67.8 cm³/mol. The Kier molecular flexibility index (Phi) is 3.43. The molecule has 0 aliphatic carbocycles. The molecule has 0 aromatic carbocycles. The van der Waals surface area contributed by atoms with Gasteiger partial charge in [-0.2, -0.15) is 0 Å². The average molecular weight is 233 g/mol. The quantitative estimate of drug-likeness (QED) is 0.817. The van der Waals surface area contributed by atoms with Gasteiger partial charge in [0.15, 0.2) is 0 Å². The van der Waals surface area contributed by atoms with Crippen molar-refractivity contribution in [1.82, 2.24) is 10.3 Å². The minimum absolute atomic E-state index is 0.0929. The Morgan fingerprint density at radius 2 is 2.41 bits per heavy atom. The zero-order valence-corrected chi connectivity index (χ0v) is 10.4. The number of aromatic nitrogens is 1. The zero-order chi connectivity index (χ0) is 12.3. The number of hydrogen-bond acceptors (Lipinski definition) is 3. The van der Waals surface area contributed by atoms with Crippen LogP contribution in [0.25, 0.3) is 0 Å². The summed E-state index contributed by atoms with van der Waals surface area (Å²) < 4.78 is 0. The molecule has 1 atom stereocenters. The lowest BCUT2D eigenvalue weighted by Crippen LogP contribution is -2.46. The van der Waals surface area contributed by atoms with E-state index >= 15 is 0 Å². The third-order valence-corrected chi connectivity index (χ3v) is 3.30. The topological polar surface area (TPSA) is 54.0 Å². The van der Waals surface area contributed by atoms with Gasteiger partial charge in [0.25, 0.3) is 0 Å². The van der Waals surface area contributed by atoms with E-state index in [2.05, 4.69) is 15.6 Å². The molecule has 0 saturated carbocycles. The van der Waals surface area contributed by atoms with E-state index in [1.165, 1.54) is 0 Å². The summed E-state index contributed by atoms with van der Waals surface area (Å²) in [6, 6.07) is 3.71. The number of hydrogen-bond donors (Lipinski definition) is 2. The summed E-state index contributed by atoms with van der Waals surface area (Å²) in [6.45, 7) is 5.70. The number of carbonyl (C=O) groups excluding carboxylic acids is 1. The second kappa shape index (κ2) is 4.84. The first-order valence-corrected chi connectivity index (χ1v) is 6.05. The highest BCUT2D eigenvalue weighted by molar-refractivity contribution is 5.95. The summed E-state index contributed by atoms with van der Waals surface area (Å²) in [7, 11) is 0. The van der Waals surface area contributed by atoms with Gasteiger partial charge in [-0.15, -0.1) is 0 Å². The fraction of sp³-hybridized carbons (Fsp3) is 0.538. The fourth-order valence-electron chi connectivity index (χ4n) is 2.16. The number of carbonyl (C=O) groups is 1. The monoisotopic (exact) mass is 233 g/mol. The van der Waals surface area contributed by atoms with Crippen LogP contribution in [0.1, 0.15) is 25.5 Å². The van der Waals surface area contributed by atoms with E-state index in [9.17, 15) is 4.79 Å². The number of pyridine rings is 1. The summed E-state index contributed by atoms with van der Waals surface area (Å²) in [5, 5.41) is 6.25. The van der Waals surface area contributed by atoms with E-state index < -0.39 is 0 Å². The van der Waals surface area contributed by atoms with Crippen molar-refractivity contribution in [1.29, 1.82) is 0 Å². The Morgan fingerprint density at radius 1 is 1.59 bits per heavy atom. The van der Waals surface area contributed by atoms with Crippen LogP contribution < -0.4 is 10.6 Å². The molecule has 1 unspecified atom stereocenters. The smallest absolute Gasteiger partial charge is 0.231 e. The number of anilines is 1. The van der Waals surface area contributed by atoms with Crippen LogP contribution in [0.3, 0.4) is 0 Å². The molecule has 4 nitrogen and oxygen atoms in total. The molecule has 2 rings (SSSR count). The van der Waals surface area contributed by atoms with E-state index in [1.54, 1.807) is 6.20 Å². The highest BCUT2D eigenvalue weighted by atomic mass is 16.2. The van der Waals surface area contributed by atoms with Gasteiger partial charge in [-0.3, -0.25) is 9.78 Å². The first-order chi connectivity index (χ1) is 8.10. The second-order valence-corrected chi connectivity index (χ2v) is 4.98. The van der Waals surface area contributed by atoms with Gasteiger partial charge in [-0.25, -0.2) is 0 Å². The normalized spacial score (nSPS) is 24.4. The Labute approximate surface area is 102 Å². The maximum absolute atomic E-state index is 12.2. The van der Waals surface area contributed by atoms with Crippen molar-refractivity contribution in [2.75, 3.05) is 18.4 Å². The van der Waals surface area contributed by atoms with Crippen LogP contribution in [0.15, 0.2) is 18.3 Å². The number of piperidine rings is 1. The molecule has 1 aromatic heterocycles.